The zero-order valence-electron chi connectivity index (χ0n) is 12.5. The molecular weight excluding hydrogens is 339 g/mol. The second kappa shape index (κ2) is 9.52. The zero-order valence-corrected chi connectivity index (χ0v) is 14.1. The average Bonchev–Trinajstić information content (AvgIpc) is 3.02. The standard InChI is InChI=1S/C15H18N4O2.2ClH/c20-14(9-13-10-21-7-6-16-13)19-12-3-1-2-11(8-12)15-17-4-5-18-15;;/h1-5,8,13,16H,6-7,9-10H2,(H,17,18)(H,19,20);2*1H. The molecule has 126 valence electrons. The van der Waals surface area contributed by atoms with Gasteiger partial charge < -0.3 is 20.4 Å². The van der Waals surface area contributed by atoms with Crippen molar-refractivity contribution in [2.45, 2.75) is 12.5 Å². The van der Waals surface area contributed by atoms with Crippen molar-refractivity contribution in [3.63, 3.8) is 0 Å². The minimum atomic E-state index is -0.0189. The number of carbonyl (C=O) groups is 1. The van der Waals surface area contributed by atoms with Crippen LogP contribution in [0.2, 0.25) is 0 Å². The van der Waals surface area contributed by atoms with Gasteiger partial charge in [-0.25, -0.2) is 4.98 Å². The normalized spacial score (nSPS) is 16.8. The lowest BCUT2D eigenvalue weighted by Gasteiger charge is -2.23. The maximum Gasteiger partial charge on any atom is 0.226 e. The highest BCUT2D eigenvalue weighted by Crippen LogP contribution is 2.19. The minimum absolute atomic E-state index is 0. The molecule has 0 radical (unpaired) electrons. The summed E-state index contributed by atoms with van der Waals surface area (Å²) in [4.78, 5) is 19.3. The van der Waals surface area contributed by atoms with Gasteiger partial charge in [0, 0.05) is 42.7 Å². The predicted molar refractivity (Wildman–Crippen MR) is 94.4 cm³/mol. The number of ether oxygens (including phenoxy) is 1. The maximum absolute atomic E-state index is 12.0. The quantitative estimate of drug-likeness (QED) is 0.782. The topological polar surface area (TPSA) is 79.0 Å². The van der Waals surface area contributed by atoms with Crippen LogP contribution in [0.25, 0.3) is 11.4 Å². The van der Waals surface area contributed by atoms with Crippen LogP contribution in [0.4, 0.5) is 5.69 Å². The number of H-pyrrole nitrogens is 1. The molecule has 8 heteroatoms. The van der Waals surface area contributed by atoms with Crippen LogP contribution >= 0.6 is 24.8 Å². The molecule has 2 heterocycles. The Morgan fingerprint density at radius 2 is 2.26 bits per heavy atom. The molecule has 0 aliphatic carbocycles. The highest BCUT2D eigenvalue weighted by Gasteiger charge is 2.16. The van der Waals surface area contributed by atoms with Crippen LogP contribution in [0, 0.1) is 0 Å². The van der Waals surface area contributed by atoms with Gasteiger partial charge in [0.25, 0.3) is 0 Å². The number of hydrogen-bond donors (Lipinski definition) is 3. The fraction of sp³-hybridized carbons (Fsp3) is 0.333. The number of aromatic amines is 1. The smallest absolute Gasteiger partial charge is 0.226 e. The van der Waals surface area contributed by atoms with Gasteiger partial charge in [0.1, 0.15) is 5.82 Å². The Balaban J connectivity index is 0.00000132. The molecule has 1 aromatic heterocycles. The van der Waals surface area contributed by atoms with E-state index in [1.807, 2.05) is 24.3 Å². The molecule has 0 saturated carbocycles. The van der Waals surface area contributed by atoms with E-state index in [1.54, 1.807) is 12.4 Å². The van der Waals surface area contributed by atoms with E-state index in [4.69, 9.17) is 4.74 Å². The number of benzene rings is 1. The van der Waals surface area contributed by atoms with Crippen LogP contribution in [0.15, 0.2) is 36.7 Å². The SMILES string of the molecule is Cl.Cl.O=C(CC1COCCN1)Nc1cccc(-c2ncc[nH]2)c1. The Morgan fingerprint density at radius 3 is 2.96 bits per heavy atom. The van der Waals surface area contributed by atoms with Crippen molar-refractivity contribution < 1.29 is 9.53 Å². The Bertz CT molecular complexity index is 601. The van der Waals surface area contributed by atoms with Gasteiger partial charge in [0.15, 0.2) is 0 Å². The molecular formula is C15H20Cl2N4O2. The molecule has 6 nitrogen and oxygen atoms in total. The van der Waals surface area contributed by atoms with E-state index in [1.165, 1.54) is 0 Å². The molecule has 1 fully saturated rings. The van der Waals surface area contributed by atoms with Crippen LogP contribution in [0.3, 0.4) is 0 Å². The highest BCUT2D eigenvalue weighted by atomic mass is 35.5. The van der Waals surface area contributed by atoms with Crippen LogP contribution in [0.5, 0.6) is 0 Å². The summed E-state index contributed by atoms with van der Waals surface area (Å²) in [5.74, 6) is 0.767. The first-order chi connectivity index (χ1) is 10.3. The molecule has 1 aliphatic rings. The highest BCUT2D eigenvalue weighted by molar-refractivity contribution is 5.91. The summed E-state index contributed by atoms with van der Waals surface area (Å²) in [7, 11) is 0. The first-order valence-corrected chi connectivity index (χ1v) is 7.02. The number of amides is 1. The number of aromatic nitrogens is 2. The maximum atomic E-state index is 12.0. The van der Waals surface area contributed by atoms with Crippen molar-refractivity contribution in [3.8, 4) is 11.4 Å². The number of imidazole rings is 1. The molecule has 1 saturated heterocycles. The van der Waals surface area contributed by atoms with E-state index in [2.05, 4.69) is 20.6 Å². The van der Waals surface area contributed by atoms with Gasteiger partial charge in [-0.2, -0.15) is 0 Å². The van der Waals surface area contributed by atoms with E-state index >= 15 is 0 Å². The molecule has 3 N–H and O–H groups in total. The van der Waals surface area contributed by atoms with Crippen molar-refractivity contribution in [1.82, 2.24) is 15.3 Å². The van der Waals surface area contributed by atoms with E-state index in [0.29, 0.717) is 19.6 Å². The molecule has 23 heavy (non-hydrogen) atoms. The largest absolute Gasteiger partial charge is 0.378 e. The summed E-state index contributed by atoms with van der Waals surface area (Å²) in [5.41, 5.74) is 1.71. The minimum Gasteiger partial charge on any atom is -0.378 e. The number of hydrogen-bond acceptors (Lipinski definition) is 4. The lowest BCUT2D eigenvalue weighted by Crippen LogP contribution is -2.43. The number of rotatable bonds is 4. The number of anilines is 1. The molecule has 2 aromatic rings. The van der Waals surface area contributed by atoms with Gasteiger partial charge in [-0.05, 0) is 12.1 Å². The van der Waals surface area contributed by atoms with Crippen LogP contribution in [0.1, 0.15) is 6.42 Å². The van der Waals surface area contributed by atoms with E-state index in [9.17, 15) is 4.79 Å². The van der Waals surface area contributed by atoms with E-state index in [0.717, 1.165) is 23.6 Å². The van der Waals surface area contributed by atoms with Crippen molar-refractivity contribution >= 4 is 36.4 Å². The number of nitrogens with zero attached hydrogens (tertiary/aromatic N) is 1. The second-order valence-electron chi connectivity index (χ2n) is 5.00. The van der Waals surface area contributed by atoms with Gasteiger partial charge >= 0.3 is 0 Å². The lowest BCUT2D eigenvalue weighted by molar-refractivity contribution is -0.117. The molecule has 0 spiro atoms. The Labute approximate surface area is 147 Å². The molecule has 0 bridgehead atoms. The molecule has 1 aromatic carbocycles. The van der Waals surface area contributed by atoms with Crippen LogP contribution in [-0.2, 0) is 9.53 Å². The molecule has 1 aliphatic heterocycles. The van der Waals surface area contributed by atoms with Gasteiger partial charge in [-0.3, -0.25) is 4.79 Å². The Morgan fingerprint density at radius 1 is 1.39 bits per heavy atom. The summed E-state index contributed by atoms with van der Waals surface area (Å²) < 4.78 is 5.35. The van der Waals surface area contributed by atoms with Crippen molar-refractivity contribution in [1.29, 1.82) is 0 Å². The number of nitrogens with one attached hydrogen (secondary N) is 3. The first kappa shape index (κ1) is 19.4. The molecule has 1 atom stereocenters. The van der Waals surface area contributed by atoms with Gasteiger partial charge in [-0.15, -0.1) is 24.8 Å². The Hall–Kier alpha value is -1.60. The lowest BCUT2D eigenvalue weighted by atomic mass is 10.1. The van der Waals surface area contributed by atoms with Crippen molar-refractivity contribution in [2.24, 2.45) is 0 Å². The Kier molecular flexibility index (Phi) is 8.05. The van der Waals surface area contributed by atoms with Crippen molar-refractivity contribution in [3.05, 3.63) is 36.7 Å². The van der Waals surface area contributed by atoms with E-state index in [-0.39, 0.29) is 36.8 Å². The molecule has 3 rings (SSSR count). The third kappa shape index (κ3) is 5.51. The summed E-state index contributed by atoms with van der Waals surface area (Å²) in [6.07, 6.45) is 3.88. The number of carbonyl (C=O) groups excluding carboxylic acids is 1. The molecule has 1 unspecified atom stereocenters. The van der Waals surface area contributed by atoms with Gasteiger partial charge in [0.05, 0.1) is 13.2 Å². The second-order valence-corrected chi connectivity index (χ2v) is 5.00. The summed E-state index contributed by atoms with van der Waals surface area (Å²) in [6, 6.07) is 7.71. The summed E-state index contributed by atoms with van der Waals surface area (Å²) in [5, 5.41) is 6.18. The molecule has 1 amide bonds. The zero-order chi connectivity index (χ0) is 14.5. The fourth-order valence-corrected chi connectivity index (χ4v) is 2.35. The van der Waals surface area contributed by atoms with Gasteiger partial charge in [0.2, 0.25) is 5.91 Å². The average molecular weight is 359 g/mol. The summed E-state index contributed by atoms with van der Waals surface area (Å²) in [6.45, 7) is 2.09. The predicted octanol–water partition coefficient (Wildman–Crippen LogP) is 2.24. The third-order valence-electron chi connectivity index (χ3n) is 3.35. The van der Waals surface area contributed by atoms with E-state index < -0.39 is 0 Å². The third-order valence-corrected chi connectivity index (χ3v) is 3.35. The van der Waals surface area contributed by atoms with Crippen LogP contribution < -0.4 is 10.6 Å². The number of morpholine rings is 1. The monoisotopic (exact) mass is 358 g/mol. The van der Waals surface area contributed by atoms with Gasteiger partial charge in [-0.1, -0.05) is 12.1 Å². The fourth-order valence-electron chi connectivity index (χ4n) is 2.35. The van der Waals surface area contributed by atoms with Crippen LogP contribution in [-0.4, -0.2) is 41.7 Å². The number of halogens is 2. The summed E-state index contributed by atoms with van der Waals surface area (Å²) >= 11 is 0. The van der Waals surface area contributed by atoms with Crippen molar-refractivity contribution in [2.75, 3.05) is 25.1 Å². The first-order valence-electron chi connectivity index (χ1n) is 7.02.